The molecule has 1 N–H and O–H groups in total. The molecule has 0 radical (unpaired) electrons. The van der Waals surface area contributed by atoms with Crippen LogP contribution >= 0.6 is 0 Å². The zero-order valence-electron chi connectivity index (χ0n) is 12.3. The van der Waals surface area contributed by atoms with Crippen LogP contribution in [0.2, 0.25) is 0 Å². The number of carbonyl (C=O) groups excluding carboxylic acids is 2. The summed E-state index contributed by atoms with van der Waals surface area (Å²) in [5.74, 6) is -1.06. The molecule has 1 rings (SSSR count). The highest BCUT2D eigenvalue weighted by Gasteiger charge is 2.27. The maximum atomic E-state index is 11.9. The third-order valence-electron chi connectivity index (χ3n) is 3.67. The van der Waals surface area contributed by atoms with E-state index in [1.165, 1.54) is 11.8 Å². The Balaban J connectivity index is 2.63. The van der Waals surface area contributed by atoms with Crippen LogP contribution in [0.5, 0.6) is 0 Å². The maximum Gasteiger partial charge on any atom is 0.323 e. The summed E-state index contributed by atoms with van der Waals surface area (Å²) in [6.45, 7) is 4.42. The second kappa shape index (κ2) is 7.87. The molecule has 1 unspecified atom stereocenters. The van der Waals surface area contributed by atoms with E-state index in [0.717, 1.165) is 19.3 Å². The van der Waals surface area contributed by atoms with Gasteiger partial charge in [-0.2, -0.15) is 0 Å². The van der Waals surface area contributed by atoms with E-state index >= 15 is 0 Å². The van der Waals surface area contributed by atoms with Crippen molar-refractivity contribution >= 4 is 17.8 Å². The Morgan fingerprint density at radius 1 is 1.25 bits per heavy atom. The van der Waals surface area contributed by atoms with Gasteiger partial charge in [0.2, 0.25) is 11.8 Å². The third kappa shape index (κ3) is 4.83. The van der Waals surface area contributed by atoms with Crippen molar-refractivity contribution in [3.63, 3.8) is 0 Å². The molecule has 1 atom stereocenters. The SMILES string of the molecule is CCCC(=O)N1CCCC(N(CC(=O)O)C(C)=O)CC1. The van der Waals surface area contributed by atoms with E-state index in [1.54, 1.807) is 0 Å². The van der Waals surface area contributed by atoms with E-state index in [4.69, 9.17) is 5.11 Å². The largest absolute Gasteiger partial charge is 0.480 e. The summed E-state index contributed by atoms with van der Waals surface area (Å²) in [5.41, 5.74) is 0. The molecular formula is C14H24N2O4. The first-order valence-electron chi connectivity index (χ1n) is 7.22. The zero-order chi connectivity index (χ0) is 15.1. The number of carbonyl (C=O) groups is 3. The number of carboxylic acids is 1. The molecule has 6 heteroatoms. The first-order valence-corrected chi connectivity index (χ1v) is 7.22. The average molecular weight is 284 g/mol. The molecule has 20 heavy (non-hydrogen) atoms. The summed E-state index contributed by atoms with van der Waals surface area (Å²) >= 11 is 0. The number of aliphatic carboxylic acids is 1. The molecule has 0 aromatic heterocycles. The van der Waals surface area contributed by atoms with Gasteiger partial charge in [0.15, 0.2) is 0 Å². The molecule has 0 aliphatic carbocycles. The van der Waals surface area contributed by atoms with Crippen LogP contribution in [0.25, 0.3) is 0 Å². The Labute approximate surface area is 119 Å². The minimum Gasteiger partial charge on any atom is -0.480 e. The van der Waals surface area contributed by atoms with Gasteiger partial charge in [-0.1, -0.05) is 6.92 Å². The fourth-order valence-corrected chi connectivity index (χ4v) is 2.66. The minimum atomic E-state index is -0.997. The summed E-state index contributed by atoms with van der Waals surface area (Å²) in [6, 6.07) is -0.0805. The lowest BCUT2D eigenvalue weighted by Crippen LogP contribution is -2.43. The molecule has 1 aliphatic heterocycles. The fraction of sp³-hybridized carbons (Fsp3) is 0.786. The lowest BCUT2D eigenvalue weighted by atomic mass is 10.1. The van der Waals surface area contributed by atoms with Crippen molar-refractivity contribution in [3.8, 4) is 0 Å². The molecule has 6 nitrogen and oxygen atoms in total. The van der Waals surface area contributed by atoms with Gasteiger partial charge in [0, 0.05) is 32.5 Å². The summed E-state index contributed by atoms with van der Waals surface area (Å²) in [6.07, 6.45) is 3.60. The van der Waals surface area contributed by atoms with Gasteiger partial charge in [0.25, 0.3) is 0 Å². The Kier molecular flexibility index (Phi) is 6.48. The topological polar surface area (TPSA) is 77.9 Å². The van der Waals surface area contributed by atoms with Crippen molar-refractivity contribution in [2.75, 3.05) is 19.6 Å². The Morgan fingerprint density at radius 2 is 1.95 bits per heavy atom. The highest BCUT2D eigenvalue weighted by molar-refractivity contribution is 5.80. The number of likely N-dealkylation sites (tertiary alicyclic amines) is 1. The number of hydrogen-bond acceptors (Lipinski definition) is 3. The second-order valence-electron chi connectivity index (χ2n) is 5.26. The Morgan fingerprint density at radius 3 is 2.50 bits per heavy atom. The maximum absolute atomic E-state index is 11.9. The lowest BCUT2D eigenvalue weighted by Gasteiger charge is -2.28. The molecule has 114 valence electrons. The van der Waals surface area contributed by atoms with E-state index in [9.17, 15) is 14.4 Å². The van der Waals surface area contributed by atoms with Crippen molar-refractivity contribution in [1.82, 2.24) is 9.80 Å². The molecule has 0 aromatic rings. The molecule has 2 amide bonds. The molecule has 0 bridgehead atoms. The quantitative estimate of drug-likeness (QED) is 0.820. The highest BCUT2D eigenvalue weighted by Crippen LogP contribution is 2.18. The van der Waals surface area contributed by atoms with Crippen molar-refractivity contribution < 1.29 is 19.5 Å². The van der Waals surface area contributed by atoms with E-state index in [-0.39, 0.29) is 24.4 Å². The van der Waals surface area contributed by atoms with E-state index in [2.05, 4.69) is 0 Å². The van der Waals surface area contributed by atoms with Crippen LogP contribution in [0.3, 0.4) is 0 Å². The summed E-state index contributed by atoms with van der Waals surface area (Å²) < 4.78 is 0. The molecule has 0 saturated carbocycles. The van der Waals surface area contributed by atoms with Gasteiger partial charge in [-0.15, -0.1) is 0 Å². The number of rotatable bonds is 5. The van der Waals surface area contributed by atoms with Crippen LogP contribution in [0.1, 0.15) is 46.0 Å². The molecule has 1 fully saturated rings. The molecule has 1 saturated heterocycles. The Hall–Kier alpha value is -1.59. The summed E-state index contributed by atoms with van der Waals surface area (Å²) in [7, 11) is 0. The van der Waals surface area contributed by atoms with Gasteiger partial charge in [-0.05, 0) is 25.7 Å². The van der Waals surface area contributed by atoms with E-state index in [1.807, 2.05) is 11.8 Å². The first-order chi connectivity index (χ1) is 9.45. The molecular weight excluding hydrogens is 260 g/mol. The average Bonchev–Trinajstić information content (AvgIpc) is 2.61. The van der Waals surface area contributed by atoms with E-state index in [0.29, 0.717) is 25.9 Å². The van der Waals surface area contributed by atoms with Gasteiger partial charge in [0.05, 0.1) is 0 Å². The highest BCUT2D eigenvalue weighted by atomic mass is 16.4. The second-order valence-corrected chi connectivity index (χ2v) is 5.26. The van der Waals surface area contributed by atoms with Crippen LogP contribution < -0.4 is 0 Å². The molecule has 0 spiro atoms. The normalized spacial score (nSPS) is 19.3. The van der Waals surface area contributed by atoms with Gasteiger partial charge in [-0.25, -0.2) is 0 Å². The minimum absolute atomic E-state index is 0.0805. The lowest BCUT2D eigenvalue weighted by molar-refractivity contribution is -0.145. The van der Waals surface area contributed by atoms with Gasteiger partial charge in [-0.3, -0.25) is 14.4 Å². The van der Waals surface area contributed by atoms with Gasteiger partial charge in [0.1, 0.15) is 6.54 Å². The van der Waals surface area contributed by atoms with Crippen molar-refractivity contribution in [3.05, 3.63) is 0 Å². The predicted molar refractivity (Wildman–Crippen MR) is 74.1 cm³/mol. The van der Waals surface area contributed by atoms with E-state index < -0.39 is 5.97 Å². The Bertz CT molecular complexity index is 370. The number of carboxylic acid groups (broad SMARTS) is 1. The zero-order valence-corrected chi connectivity index (χ0v) is 12.3. The number of hydrogen-bond donors (Lipinski definition) is 1. The first kappa shape index (κ1) is 16.5. The molecule has 0 aromatic carbocycles. The van der Waals surface area contributed by atoms with Crippen molar-refractivity contribution in [1.29, 1.82) is 0 Å². The number of amides is 2. The third-order valence-corrected chi connectivity index (χ3v) is 3.67. The van der Waals surface area contributed by atoms with Crippen LogP contribution in [0.15, 0.2) is 0 Å². The number of nitrogens with zero attached hydrogens (tertiary/aromatic N) is 2. The standard InChI is InChI=1S/C14H24N2O4/c1-3-5-13(18)15-8-4-6-12(7-9-15)16(11(2)17)10-14(19)20/h12H,3-10H2,1-2H3,(H,19,20). The molecule has 1 aliphatic rings. The van der Waals surface area contributed by atoms with Gasteiger partial charge >= 0.3 is 5.97 Å². The fourth-order valence-electron chi connectivity index (χ4n) is 2.66. The summed E-state index contributed by atoms with van der Waals surface area (Å²) in [4.78, 5) is 37.6. The van der Waals surface area contributed by atoms with Crippen LogP contribution in [-0.4, -0.2) is 58.4 Å². The van der Waals surface area contributed by atoms with Crippen LogP contribution in [-0.2, 0) is 14.4 Å². The molecule has 1 heterocycles. The van der Waals surface area contributed by atoms with Crippen LogP contribution in [0.4, 0.5) is 0 Å². The smallest absolute Gasteiger partial charge is 0.323 e. The summed E-state index contributed by atoms with van der Waals surface area (Å²) in [5, 5.41) is 8.89. The van der Waals surface area contributed by atoms with Crippen molar-refractivity contribution in [2.24, 2.45) is 0 Å². The monoisotopic (exact) mass is 284 g/mol. The van der Waals surface area contributed by atoms with Crippen LogP contribution in [0, 0.1) is 0 Å². The predicted octanol–water partition coefficient (Wildman–Crippen LogP) is 1.10. The van der Waals surface area contributed by atoms with Gasteiger partial charge < -0.3 is 14.9 Å². The van der Waals surface area contributed by atoms with Crippen molar-refractivity contribution in [2.45, 2.75) is 52.0 Å².